The zero-order valence-electron chi connectivity index (χ0n) is 14.2. The quantitative estimate of drug-likeness (QED) is 0.631. The van der Waals surface area contributed by atoms with E-state index in [-0.39, 0.29) is 18.7 Å². The highest BCUT2D eigenvalue weighted by Crippen LogP contribution is 2.15. The van der Waals surface area contributed by atoms with Gasteiger partial charge in [-0.1, -0.05) is 6.92 Å². The lowest BCUT2D eigenvalue weighted by Crippen LogP contribution is -2.61. The summed E-state index contributed by atoms with van der Waals surface area (Å²) in [5.41, 5.74) is 6.33. The number of piperazine rings is 1. The molecule has 1 fully saturated rings. The van der Waals surface area contributed by atoms with E-state index in [2.05, 4.69) is 5.32 Å². The van der Waals surface area contributed by atoms with Crippen molar-refractivity contribution in [2.75, 3.05) is 25.4 Å². The van der Waals surface area contributed by atoms with Crippen molar-refractivity contribution >= 4 is 10.0 Å². The number of nitrogens with zero attached hydrogens (tertiary/aromatic N) is 1. The van der Waals surface area contributed by atoms with Gasteiger partial charge in [0, 0.05) is 37.8 Å². The molecule has 1 aliphatic heterocycles. The Balaban J connectivity index is 2.02. The van der Waals surface area contributed by atoms with Gasteiger partial charge in [-0.05, 0) is 30.5 Å². The average molecular weight is 377 g/mol. The fourth-order valence-electron chi connectivity index (χ4n) is 3.04. The first-order valence-corrected chi connectivity index (χ1v) is 9.93. The number of hydrogen-bond acceptors (Lipinski definition) is 5. The van der Waals surface area contributed by atoms with Crippen LogP contribution in [0.25, 0.3) is 0 Å². The molecule has 6 nitrogen and oxygen atoms in total. The van der Waals surface area contributed by atoms with E-state index in [1.165, 1.54) is 16.4 Å². The van der Waals surface area contributed by atoms with Crippen molar-refractivity contribution in [1.29, 1.82) is 0 Å². The predicted octanol–water partition coefficient (Wildman–Crippen LogP) is 0.209. The van der Waals surface area contributed by atoms with Crippen molar-refractivity contribution in [3.05, 3.63) is 35.4 Å². The van der Waals surface area contributed by atoms with Gasteiger partial charge in [-0.3, -0.25) is 0 Å². The van der Waals surface area contributed by atoms with Gasteiger partial charge in [0.2, 0.25) is 10.0 Å². The van der Waals surface area contributed by atoms with Crippen LogP contribution in [0.4, 0.5) is 8.78 Å². The van der Waals surface area contributed by atoms with Crippen LogP contribution in [-0.2, 0) is 16.4 Å². The zero-order chi connectivity index (χ0) is 18.6. The van der Waals surface area contributed by atoms with Gasteiger partial charge < -0.3 is 16.2 Å². The number of rotatable bonds is 7. The summed E-state index contributed by atoms with van der Waals surface area (Å²) in [6, 6.07) is 1.79. The van der Waals surface area contributed by atoms with E-state index < -0.39 is 39.8 Å². The van der Waals surface area contributed by atoms with Crippen molar-refractivity contribution in [3.63, 3.8) is 0 Å². The minimum atomic E-state index is -3.35. The largest absolute Gasteiger partial charge is 0.390 e. The summed E-state index contributed by atoms with van der Waals surface area (Å²) in [5.74, 6) is -1.35. The van der Waals surface area contributed by atoms with Gasteiger partial charge in [-0.25, -0.2) is 17.2 Å². The molecule has 0 radical (unpaired) electrons. The molecule has 0 aliphatic carbocycles. The van der Waals surface area contributed by atoms with Crippen LogP contribution in [0.3, 0.4) is 0 Å². The third kappa shape index (κ3) is 5.42. The van der Waals surface area contributed by atoms with Crippen LogP contribution in [0.1, 0.15) is 18.9 Å². The highest BCUT2D eigenvalue weighted by Gasteiger charge is 2.33. The molecule has 0 amide bonds. The van der Waals surface area contributed by atoms with E-state index in [1.807, 2.05) is 0 Å². The summed E-state index contributed by atoms with van der Waals surface area (Å²) in [7, 11) is -3.35. The molecule has 1 aromatic rings. The second-order valence-corrected chi connectivity index (χ2v) is 8.46. The van der Waals surface area contributed by atoms with Gasteiger partial charge in [0.05, 0.1) is 11.9 Å². The average Bonchev–Trinajstić information content (AvgIpc) is 2.53. The summed E-state index contributed by atoms with van der Waals surface area (Å²) in [6.07, 6.45) is -0.453. The lowest BCUT2D eigenvalue weighted by Gasteiger charge is -2.37. The number of aliphatic hydroxyl groups is 1. The molecule has 9 heteroatoms. The van der Waals surface area contributed by atoms with Gasteiger partial charge in [0.1, 0.15) is 11.6 Å². The van der Waals surface area contributed by atoms with Crippen molar-refractivity contribution in [3.8, 4) is 0 Å². The van der Waals surface area contributed by atoms with Gasteiger partial charge in [0.15, 0.2) is 0 Å². The van der Waals surface area contributed by atoms with Crippen LogP contribution in [0, 0.1) is 11.6 Å². The molecule has 25 heavy (non-hydrogen) atoms. The maximum Gasteiger partial charge on any atom is 0.214 e. The molecule has 0 unspecified atom stereocenters. The standard InChI is InChI=1S/C16H25F2N3O3S/c1-2-5-25(23,24)21-4-3-20-15(10-21)16(22)14(19)8-11-6-12(17)9-13(18)7-11/h6-7,9,14-16,20,22H,2-5,8,10,19H2,1H3/t14-,15+,16-/m0/s1. The monoisotopic (exact) mass is 377 g/mol. The van der Waals surface area contributed by atoms with Gasteiger partial charge in [-0.2, -0.15) is 4.31 Å². The van der Waals surface area contributed by atoms with Crippen LogP contribution in [-0.4, -0.2) is 61.4 Å². The highest BCUT2D eigenvalue weighted by atomic mass is 32.2. The molecule has 1 heterocycles. The lowest BCUT2D eigenvalue weighted by atomic mass is 9.96. The molecule has 0 saturated carbocycles. The fourth-order valence-corrected chi connectivity index (χ4v) is 4.57. The fraction of sp³-hybridized carbons (Fsp3) is 0.625. The van der Waals surface area contributed by atoms with E-state index in [0.717, 1.165) is 6.07 Å². The van der Waals surface area contributed by atoms with Crippen LogP contribution in [0.15, 0.2) is 18.2 Å². The molecule has 2 rings (SSSR count). The number of nitrogens with two attached hydrogens (primary N) is 1. The third-order valence-electron chi connectivity index (χ3n) is 4.27. The Morgan fingerprint density at radius 2 is 2.00 bits per heavy atom. The Hall–Kier alpha value is -1.13. The van der Waals surface area contributed by atoms with Gasteiger partial charge >= 0.3 is 0 Å². The molecule has 1 aliphatic rings. The SMILES string of the molecule is CCCS(=O)(=O)N1CCN[C@@H]([C@@H](O)[C@@H](N)Cc2cc(F)cc(F)c2)C1. The number of nitrogens with one attached hydrogen (secondary N) is 1. The summed E-state index contributed by atoms with van der Waals surface area (Å²) in [5, 5.41) is 13.5. The molecule has 142 valence electrons. The number of aliphatic hydroxyl groups excluding tert-OH is 1. The molecule has 0 spiro atoms. The van der Waals surface area contributed by atoms with E-state index in [1.54, 1.807) is 6.92 Å². The topological polar surface area (TPSA) is 95.7 Å². The summed E-state index contributed by atoms with van der Waals surface area (Å²) in [4.78, 5) is 0. The maximum atomic E-state index is 13.3. The van der Waals surface area contributed by atoms with E-state index in [4.69, 9.17) is 5.73 Å². The zero-order valence-corrected chi connectivity index (χ0v) is 15.0. The number of benzene rings is 1. The molecule has 0 bridgehead atoms. The number of hydrogen-bond donors (Lipinski definition) is 3. The van der Waals surface area contributed by atoms with Crippen molar-refractivity contribution in [1.82, 2.24) is 9.62 Å². The van der Waals surface area contributed by atoms with Crippen LogP contribution in [0.2, 0.25) is 0 Å². The smallest absolute Gasteiger partial charge is 0.214 e. The van der Waals surface area contributed by atoms with Crippen molar-refractivity contribution < 1.29 is 22.3 Å². The number of halogens is 2. The lowest BCUT2D eigenvalue weighted by molar-refractivity contribution is 0.0799. The molecule has 3 atom stereocenters. The van der Waals surface area contributed by atoms with E-state index in [9.17, 15) is 22.3 Å². The first-order chi connectivity index (χ1) is 11.7. The molecule has 1 saturated heterocycles. The minimum absolute atomic E-state index is 0.0600. The van der Waals surface area contributed by atoms with E-state index in [0.29, 0.717) is 25.1 Å². The Kier molecular flexibility index (Phi) is 6.86. The maximum absolute atomic E-state index is 13.3. The molecular formula is C16H25F2N3O3S. The Bertz CT molecular complexity index is 667. The minimum Gasteiger partial charge on any atom is -0.390 e. The first-order valence-electron chi connectivity index (χ1n) is 8.32. The Morgan fingerprint density at radius 1 is 1.36 bits per heavy atom. The second-order valence-electron chi connectivity index (χ2n) is 6.37. The Morgan fingerprint density at radius 3 is 2.60 bits per heavy atom. The molecule has 1 aromatic carbocycles. The normalized spacial score (nSPS) is 21.9. The molecular weight excluding hydrogens is 352 g/mol. The first kappa shape index (κ1) is 20.2. The van der Waals surface area contributed by atoms with E-state index >= 15 is 0 Å². The predicted molar refractivity (Wildman–Crippen MR) is 91.5 cm³/mol. The highest BCUT2D eigenvalue weighted by molar-refractivity contribution is 7.89. The van der Waals surface area contributed by atoms with Gasteiger partial charge in [0.25, 0.3) is 0 Å². The van der Waals surface area contributed by atoms with Crippen LogP contribution >= 0.6 is 0 Å². The van der Waals surface area contributed by atoms with Crippen molar-refractivity contribution in [2.45, 2.75) is 38.0 Å². The Labute approximate surface area is 147 Å². The third-order valence-corrected chi connectivity index (χ3v) is 6.31. The van der Waals surface area contributed by atoms with Crippen LogP contribution in [0.5, 0.6) is 0 Å². The molecule has 0 aromatic heterocycles. The summed E-state index contributed by atoms with van der Waals surface area (Å²) >= 11 is 0. The summed E-state index contributed by atoms with van der Waals surface area (Å²) < 4.78 is 52.3. The molecule has 4 N–H and O–H groups in total. The van der Waals surface area contributed by atoms with Crippen molar-refractivity contribution in [2.24, 2.45) is 5.73 Å². The van der Waals surface area contributed by atoms with Gasteiger partial charge in [-0.15, -0.1) is 0 Å². The summed E-state index contributed by atoms with van der Waals surface area (Å²) in [6.45, 7) is 2.66. The second kappa shape index (κ2) is 8.50. The van der Waals surface area contributed by atoms with Crippen LogP contribution < -0.4 is 11.1 Å². The number of sulfonamides is 1.